The van der Waals surface area contributed by atoms with Crippen LogP contribution in [0.3, 0.4) is 0 Å². The number of halogens is 1. The van der Waals surface area contributed by atoms with Gasteiger partial charge in [0, 0.05) is 25.4 Å². The van der Waals surface area contributed by atoms with Crippen LogP contribution in [-0.4, -0.2) is 50.0 Å². The quantitative estimate of drug-likeness (QED) is 0.770. The van der Waals surface area contributed by atoms with Crippen molar-refractivity contribution in [3.8, 4) is 0 Å². The van der Waals surface area contributed by atoms with E-state index in [0.29, 0.717) is 18.7 Å². The topological polar surface area (TPSA) is 74.7 Å². The van der Waals surface area contributed by atoms with Crippen molar-refractivity contribution >= 4 is 21.9 Å². The molecule has 0 aliphatic carbocycles. The van der Waals surface area contributed by atoms with Crippen LogP contribution in [0.4, 0.5) is 4.39 Å². The van der Waals surface area contributed by atoms with Gasteiger partial charge >= 0.3 is 5.97 Å². The van der Waals surface area contributed by atoms with Crippen LogP contribution in [0, 0.1) is 5.82 Å². The number of rotatable bonds is 7. The molecular formula is C14H18FNO4S. The van der Waals surface area contributed by atoms with Gasteiger partial charge in [0.25, 0.3) is 0 Å². The Morgan fingerprint density at radius 2 is 2.10 bits per heavy atom. The van der Waals surface area contributed by atoms with Crippen LogP contribution < -0.4 is 0 Å². The molecule has 1 rings (SSSR count). The highest BCUT2D eigenvalue weighted by molar-refractivity contribution is 7.90. The maximum Gasteiger partial charge on any atom is 0.328 e. The first-order chi connectivity index (χ1) is 9.67. The van der Waals surface area contributed by atoms with Gasteiger partial charge in [-0.15, -0.1) is 0 Å². The second kappa shape index (κ2) is 7.33. The highest BCUT2D eigenvalue weighted by Gasteiger charge is 2.09. The average Bonchev–Trinajstić information content (AvgIpc) is 2.36. The Balaban J connectivity index is 2.84. The second-order valence-corrected chi connectivity index (χ2v) is 7.14. The number of benzene rings is 1. The van der Waals surface area contributed by atoms with Gasteiger partial charge in [0.2, 0.25) is 0 Å². The standard InChI is InChI=1S/C14H18FNO4S/c1-16(7-8-21(2,19)20)10-12-3-5-13(15)9-11(12)4-6-14(17)18/h3-6,9H,7-8,10H2,1-2H3,(H,17,18). The van der Waals surface area contributed by atoms with Gasteiger partial charge in [-0.05, 0) is 36.4 Å². The molecule has 0 saturated carbocycles. The second-order valence-electron chi connectivity index (χ2n) is 4.88. The summed E-state index contributed by atoms with van der Waals surface area (Å²) in [6.07, 6.45) is 3.43. The molecule has 0 radical (unpaired) electrons. The Morgan fingerprint density at radius 1 is 1.43 bits per heavy atom. The van der Waals surface area contributed by atoms with Crippen LogP contribution >= 0.6 is 0 Å². The first-order valence-corrected chi connectivity index (χ1v) is 8.29. The number of sulfone groups is 1. The van der Waals surface area contributed by atoms with E-state index in [1.807, 2.05) is 0 Å². The summed E-state index contributed by atoms with van der Waals surface area (Å²) in [6.45, 7) is 0.743. The maximum atomic E-state index is 13.2. The number of carboxylic acid groups (broad SMARTS) is 1. The van der Waals surface area contributed by atoms with Crippen molar-refractivity contribution in [1.29, 1.82) is 0 Å². The first-order valence-electron chi connectivity index (χ1n) is 6.23. The molecule has 0 spiro atoms. The molecular weight excluding hydrogens is 297 g/mol. The molecule has 0 heterocycles. The van der Waals surface area contributed by atoms with E-state index in [1.165, 1.54) is 24.5 Å². The zero-order valence-corrected chi connectivity index (χ0v) is 12.7. The molecule has 0 atom stereocenters. The van der Waals surface area contributed by atoms with Crippen molar-refractivity contribution in [2.24, 2.45) is 0 Å². The summed E-state index contributed by atoms with van der Waals surface area (Å²) in [7, 11) is -1.29. The van der Waals surface area contributed by atoms with E-state index in [4.69, 9.17) is 5.11 Å². The van der Waals surface area contributed by atoms with Gasteiger partial charge in [-0.2, -0.15) is 0 Å². The molecule has 1 N–H and O–H groups in total. The van der Waals surface area contributed by atoms with Crippen LogP contribution in [0.5, 0.6) is 0 Å². The molecule has 1 aromatic rings. The summed E-state index contributed by atoms with van der Waals surface area (Å²) in [5, 5.41) is 8.63. The van der Waals surface area contributed by atoms with Crippen LogP contribution in [0.1, 0.15) is 11.1 Å². The summed E-state index contributed by atoms with van der Waals surface area (Å²) in [5.41, 5.74) is 1.19. The first kappa shape index (κ1) is 17.3. The molecule has 0 bridgehead atoms. The highest BCUT2D eigenvalue weighted by Crippen LogP contribution is 2.15. The van der Waals surface area contributed by atoms with Crippen molar-refractivity contribution in [1.82, 2.24) is 4.90 Å². The SMILES string of the molecule is CN(CCS(C)(=O)=O)Cc1ccc(F)cc1C=CC(=O)O. The van der Waals surface area contributed by atoms with Crippen LogP contribution in [-0.2, 0) is 21.2 Å². The van der Waals surface area contributed by atoms with Gasteiger partial charge < -0.3 is 10.0 Å². The fourth-order valence-corrected chi connectivity index (χ4v) is 2.36. The summed E-state index contributed by atoms with van der Waals surface area (Å²) >= 11 is 0. The minimum atomic E-state index is -3.04. The molecule has 0 saturated heterocycles. The predicted octanol–water partition coefficient (Wildman–Crippen LogP) is 1.40. The zero-order valence-electron chi connectivity index (χ0n) is 11.9. The van der Waals surface area contributed by atoms with Crippen LogP contribution in [0.25, 0.3) is 6.08 Å². The molecule has 5 nitrogen and oxygen atoms in total. The lowest BCUT2D eigenvalue weighted by Gasteiger charge is -2.17. The Kier molecular flexibility index (Phi) is 6.04. The van der Waals surface area contributed by atoms with E-state index in [-0.39, 0.29) is 5.75 Å². The van der Waals surface area contributed by atoms with E-state index in [2.05, 4.69) is 0 Å². The third kappa shape index (κ3) is 7.01. The van der Waals surface area contributed by atoms with Crippen molar-refractivity contribution in [2.75, 3.05) is 25.6 Å². The number of nitrogens with zero attached hydrogens (tertiary/aromatic N) is 1. The van der Waals surface area contributed by atoms with Gasteiger partial charge in [-0.1, -0.05) is 6.07 Å². The Morgan fingerprint density at radius 3 is 2.67 bits per heavy atom. The monoisotopic (exact) mass is 315 g/mol. The lowest BCUT2D eigenvalue weighted by atomic mass is 10.1. The van der Waals surface area contributed by atoms with E-state index >= 15 is 0 Å². The van der Waals surface area contributed by atoms with Crippen LogP contribution in [0.2, 0.25) is 0 Å². The van der Waals surface area contributed by atoms with Gasteiger partial charge in [-0.25, -0.2) is 17.6 Å². The minimum Gasteiger partial charge on any atom is -0.478 e. The van der Waals surface area contributed by atoms with E-state index in [0.717, 1.165) is 11.6 Å². The van der Waals surface area contributed by atoms with Gasteiger partial charge in [0.05, 0.1) is 5.75 Å². The van der Waals surface area contributed by atoms with Gasteiger partial charge in [0.1, 0.15) is 15.7 Å². The highest BCUT2D eigenvalue weighted by atomic mass is 32.2. The number of hydrogen-bond acceptors (Lipinski definition) is 4. The summed E-state index contributed by atoms with van der Waals surface area (Å²) in [4.78, 5) is 12.3. The fourth-order valence-electron chi connectivity index (χ4n) is 1.72. The van der Waals surface area contributed by atoms with E-state index in [1.54, 1.807) is 18.0 Å². The average molecular weight is 315 g/mol. The molecule has 0 fully saturated rings. The van der Waals surface area contributed by atoms with Crippen molar-refractivity contribution < 1.29 is 22.7 Å². The predicted molar refractivity (Wildman–Crippen MR) is 79.1 cm³/mol. The number of hydrogen-bond donors (Lipinski definition) is 1. The molecule has 0 unspecified atom stereocenters. The van der Waals surface area contributed by atoms with E-state index in [9.17, 15) is 17.6 Å². The van der Waals surface area contributed by atoms with Gasteiger partial charge in [0.15, 0.2) is 0 Å². The lowest BCUT2D eigenvalue weighted by Crippen LogP contribution is -2.25. The van der Waals surface area contributed by atoms with E-state index < -0.39 is 21.6 Å². The third-order valence-electron chi connectivity index (χ3n) is 2.80. The number of carbonyl (C=O) groups is 1. The Labute approximate surface area is 123 Å². The van der Waals surface area contributed by atoms with Crippen molar-refractivity contribution in [3.63, 3.8) is 0 Å². The summed E-state index contributed by atoms with van der Waals surface area (Å²) < 4.78 is 35.5. The largest absolute Gasteiger partial charge is 0.478 e. The lowest BCUT2D eigenvalue weighted by molar-refractivity contribution is -0.131. The maximum absolute atomic E-state index is 13.2. The van der Waals surface area contributed by atoms with Crippen molar-refractivity contribution in [3.05, 3.63) is 41.2 Å². The fraction of sp³-hybridized carbons (Fsp3) is 0.357. The molecule has 7 heteroatoms. The molecule has 116 valence electrons. The molecule has 0 aromatic heterocycles. The summed E-state index contributed by atoms with van der Waals surface area (Å²) in [6, 6.07) is 4.10. The van der Waals surface area contributed by atoms with Crippen molar-refractivity contribution in [2.45, 2.75) is 6.54 Å². The van der Waals surface area contributed by atoms with Gasteiger partial charge in [-0.3, -0.25) is 0 Å². The normalized spacial score (nSPS) is 12.2. The molecule has 0 amide bonds. The zero-order chi connectivity index (χ0) is 16.0. The third-order valence-corrected chi connectivity index (χ3v) is 3.72. The smallest absolute Gasteiger partial charge is 0.328 e. The molecule has 0 aliphatic rings. The number of aliphatic carboxylic acids is 1. The Bertz CT molecular complexity index is 640. The van der Waals surface area contributed by atoms with Crippen LogP contribution in [0.15, 0.2) is 24.3 Å². The molecule has 21 heavy (non-hydrogen) atoms. The number of carboxylic acids is 1. The summed E-state index contributed by atoms with van der Waals surface area (Å²) in [5.74, 6) is -1.54. The minimum absolute atomic E-state index is 0.0327. The molecule has 0 aliphatic heterocycles. The molecule has 1 aromatic carbocycles. The Hall–Kier alpha value is -1.73.